The molecule has 154 valence electrons. The lowest BCUT2D eigenvalue weighted by molar-refractivity contribution is -0.0758. The zero-order valence-electron chi connectivity index (χ0n) is 19.6. The predicted molar refractivity (Wildman–Crippen MR) is 115 cm³/mol. The summed E-state index contributed by atoms with van der Waals surface area (Å²) in [4.78, 5) is 8.11. The Morgan fingerprint density at radius 1 is 0.500 bits per heavy atom. The largest absolute Gasteiger partial charge is 0.298 e. The van der Waals surface area contributed by atoms with E-state index < -0.39 is 0 Å². The molecular weight excluding hydrogens is 318 g/mol. The highest BCUT2D eigenvalue weighted by Gasteiger charge is 2.48. The molecule has 2 fully saturated rings. The Hall–Kier alpha value is -0.120. The van der Waals surface area contributed by atoms with Crippen molar-refractivity contribution in [1.29, 1.82) is 0 Å². The summed E-state index contributed by atoms with van der Waals surface area (Å²) in [5.41, 5.74) is 1.19. The Kier molecular flexibility index (Phi) is 6.28. The van der Waals surface area contributed by atoms with Gasteiger partial charge in [0.1, 0.15) is 0 Å². The average molecular weight is 366 g/mol. The third-order valence-electron chi connectivity index (χ3n) is 8.06. The van der Waals surface area contributed by atoms with Gasteiger partial charge in [-0.15, -0.1) is 0 Å². The van der Waals surface area contributed by atoms with E-state index in [2.05, 4.69) is 83.9 Å². The van der Waals surface area contributed by atoms with Crippen LogP contribution in [0.4, 0.5) is 0 Å². The maximum absolute atomic E-state index is 2.78. The van der Waals surface area contributed by atoms with Crippen molar-refractivity contribution in [2.75, 3.05) is 39.3 Å². The molecule has 0 bridgehead atoms. The van der Waals surface area contributed by atoms with Crippen molar-refractivity contribution in [2.45, 2.75) is 98.7 Å². The molecule has 2 aliphatic rings. The average Bonchev–Trinajstić information content (AvgIpc) is 2.53. The molecular formula is C23H47N3. The van der Waals surface area contributed by atoms with Crippen molar-refractivity contribution in [3.63, 3.8) is 0 Å². The van der Waals surface area contributed by atoms with Crippen molar-refractivity contribution in [2.24, 2.45) is 11.3 Å². The zero-order valence-corrected chi connectivity index (χ0v) is 19.6. The van der Waals surface area contributed by atoms with Gasteiger partial charge < -0.3 is 0 Å². The SMILES string of the molecule is CC(C)(C)N1CCC(C(C)(C)C(C)(C)N2CCN(C(C)(C)C)CC2)CC1. The van der Waals surface area contributed by atoms with Gasteiger partial charge >= 0.3 is 0 Å². The van der Waals surface area contributed by atoms with E-state index in [1.54, 1.807) is 0 Å². The van der Waals surface area contributed by atoms with E-state index in [1.807, 2.05) is 0 Å². The molecule has 2 aliphatic heterocycles. The van der Waals surface area contributed by atoms with Crippen LogP contribution in [-0.2, 0) is 0 Å². The predicted octanol–water partition coefficient (Wildman–Crippen LogP) is 4.72. The fourth-order valence-electron chi connectivity index (χ4n) is 5.12. The lowest BCUT2D eigenvalue weighted by atomic mass is 9.62. The Labute approximate surface area is 164 Å². The Morgan fingerprint density at radius 2 is 0.846 bits per heavy atom. The third-order valence-corrected chi connectivity index (χ3v) is 8.06. The van der Waals surface area contributed by atoms with E-state index in [-0.39, 0.29) is 5.54 Å². The van der Waals surface area contributed by atoms with Crippen LogP contribution in [0.2, 0.25) is 0 Å². The number of likely N-dealkylation sites (tertiary alicyclic amines) is 1. The first-order valence-electron chi connectivity index (χ1n) is 10.9. The highest BCUT2D eigenvalue weighted by molar-refractivity contribution is 5.02. The molecule has 0 aromatic heterocycles. The van der Waals surface area contributed by atoms with Gasteiger partial charge in [0.2, 0.25) is 0 Å². The quantitative estimate of drug-likeness (QED) is 0.716. The molecule has 0 radical (unpaired) electrons. The minimum Gasteiger partial charge on any atom is -0.298 e. The van der Waals surface area contributed by atoms with Gasteiger partial charge in [0, 0.05) is 42.8 Å². The molecule has 0 aliphatic carbocycles. The highest BCUT2D eigenvalue weighted by atomic mass is 15.3. The van der Waals surface area contributed by atoms with Gasteiger partial charge in [0.25, 0.3) is 0 Å². The number of hydrogen-bond acceptors (Lipinski definition) is 3. The number of nitrogens with zero attached hydrogens (tertiary/aromatic N) is 3. The van der Waals surface area contributed by atoms with Gasteiger partial charge in [-0.05, 0) is 92.7 Å². The fourth-order valence-corrected chi connectivity index (χ4v) is 5.12. The van der Waals surface area contributed by atoms with Gasteiger partial charge in [-0.3, -0.25) is 14.7 Å². The summed E-state index contributed by atoms with van der Waals surface area (Å²) >= 11 is 0. The molecule has 0 N–H and O–H groups in total. The molecule has 0 amide bonds. The molecule has 0 aromatic rings. The Morgan fingerprint density at radius 3 is 1.23 bits per heavy atom. The van der Waals surface area contributed by atoms with Crippen LogP contribution in [0.1, 0.15) is 82.1 Å². The normalized spacial score (nSPS) is 24.2. The van der Waals surface area contributed by atoms with Crippen LogP contribution in [-0.4, -0.2) is 70.6 Å². The second-order valence-corrected chi connectivity index (χ2v) is 11.9. The molecule has 3 heteroatoms. The van der Waals surface area contributed by atoms with Gasteiger partial charge in [-0.1, -0.05) is 13.8 Å². The molecule has 0 spiro atoms. The maximum atomic E-state index is 2.78. The summed E-state index contributed by atoms with van der Waals surface area (Å²) in [6, 6.07) is 0. The van der Waals surface area contributed by atoms with Crippen molar-refractivity contribution in [3.8, 4) is 0 Å². The number of rotatable bonds is 3. The fraction of sp³-hybridized carbons (Fsp3) is 1.00. The molecule has 0 saturated carbocycles. The molecule has 0 unspecified atom stereocenters. The highest BCUT2D eigenvalue weighted by Crippen LogP contribution is 2.47. The zero-order chi connectivity index (χ0) is 20.0. The lowest BCUT2D eigenvalue weighted by Crippen LogP contribution is -2.64. The Balaban J connectivity index is 2.01. The van der Waals surface area contributed by atoms with E-state index in [0.29, 0.717) is 16.5 Å². The van der Waals surface area contributed by atoms with Crippen molar-refractivity contribution >= 4 is 0 Å². The molecule has 2 saturated heterocycles. The van der Waals surface area contributed by atoms with E-state index in [0.717, 1.165) is 5.92 Å². The summed E-state index contributed by atoms with van der Waals surface area (Å²) in [5.74, 6) is 0.816. The topological polar surface area (TPSA) is 9.72 Å². The van der Waals surface area contributed by atoms with E-state index in [4.69, 9.17) is 0 Å². The lowest BCUT2D eigenvalue weighted by Gasteiger charge is -2.57. The minimum atomic E-state index is 0.242. The molecule has 2 heterocycles. The molecule has 3 nitrogen and oxygen atoms in total. The second-order valence-electron chi connectivity index (χ2n) is 11.9. The van der Waals surface area contributed by atoms with Crippen LogP contribution in [0, 0.1) is 11.3 Å². The molecule has 26 heavy (non-hydrogen) atoms. The van der Waals surface area contributed by atoms with Gasteiger partial charge in [-0.2, -0.15) is 0 Å². The van der Waals surface area contributed by atoms with Gasteiger partial charge in [0.15, 0.2) is 0 Å². The number of piperazine rings is 1. The second kappa shape index (κ2) is 7.37. The van der Waals surface area contributed by atoms with E-state index >= 15 is 0 Å². The smallest absolute Gasteiger partial charge is 0.0207 e. The molecule has 0 aromatic carbocycles. The standard InChI is InChI=1S/C23H47N3/c1-20(2,3)24-13-11-19(12-14-24)22(7,8)23(9,10)26-17-15-25(16-18-26)21(4,5)6/h19H,11-18H2,1-10H3. The monoisotopic (exact) mass is 365 g/mol. The van der Waals surface area contributed by atoms with Crippen LogP contribution < -0.4 is 0 Å². The maximum Gasteiger partial charge on any atom is 0.0207 e. The molecule has 2 rings (SSSR count). The third kappa shape index (κ3) is 4.47. The van der Waals surface area contributed by atoms with Gasteiger partial charge in [0.05, 0.1) is 0 Å². The number of hydrogen-bond donors (Lipinski definition) is 0. The summed E-state index contributed by atoms with van der Waals surface area (Å²) in [5, 5.41) is 0. The van der Waals surface area contributed by atoms with Crippen molar-refractivity contribution in [3.05, 3.63) is 0 Å². The number of piperidine rings is 1. The van der Waals surface area contributed by atoms with Crippen LogP contribution in [0.3, 0.4) is 0 Å². The summed E-state index contributed by atoms with van der Waals surface area (Å²) in [6.07, 6.45) is 2.69. The first-order valence-corrected chi connectivity index (χ1v) is 10.9. The Bertz CT molecular complexity index is 407. The van der Waals surface area contributed by atoms with E-state index in [9.17, 15) is 0 Å². The van der Waals surface area contributed by atoms with E-state index in [1.165, 1.54) is 52.1 Å². The van der Waals surface area contributed by atoms with Gasteiger partial charge in [-0.25, -0.2) is 0 Å². The first-order chi connectivity index (χ1) is 11.7. The minimum absolute atomic E-state index is 0.242. The summed E-state index contributed by atoms with van der Waals surface area (Å²) < 4.78 is 0. The van der Waals surface area contributed by atoms with Crippen LogP contribution in [0.15, 0.2) is 0 Å². The van der Waals surface area contributed by atoms with Crippen molar-refractivity contribution in [1.82, 2.24) is 14.7 Å². The van der Waals surface area contributed by atoms with Crippen LogP contribution in [0.25, 0.3) is 0 Å². The van der Waals surface area contributed by atoms with Crippen molar-refractivity contribution < 1.29 is 0 Å². The first kappa shape index (κ1) is 22.2. The van der Waals surface area contributed by atoms with Crippen LogP contribution in [0.5, 0.6) is 0 Å². The summed E-state index contributed by atoms with van der Waals surface area (Å²) in [6.45, 7) is 31.5. The van der Waals surface area contributed by atoms with Crippen LogP contribution >= 0.6 is 0 Å². The molecule has 0 atom stereocenters. The summed E-state index contributed by atoms with van der Waals surface area (Å²) in [7, 11) is 0.